The van der Waals surface area contributed by atoms with Crippen molar-refractivity contribution in [3.63, 3.8) is 0 Å². The molecular weight excluding hydrogens is 314 g/mol. The van der Waals surface area contributed by atoms with Crippen LogP contribution in [0.5, 0.6) is 5.75 Å². The van der Waals surface area contributed by atoms with Gasteiger partial charge in [0, 0.05) is 35.6 Å². The Hall–Kier alpha value is -2.30. The summed E-state index contributed by atoms with van der Waals surface area (Å²) in [5.74, 6) is 0.0715. The lowest BCUT2D eigenvalue weighted by Gasteiger charge is -2.18. The molecule has 0 radical (unpaired) electrons. The number of phenolic OH excluding ortho intramolecular Hbond substituents is 1. The summed E-state index contributed by atoms with van der Waals surface area (Å²) in [7, 11) is 1.96. The van der Waals surface area contributed by atoms with Gasteiger partial charge < -0.3 is 9.52 Å². The average Bonchev–Trinajstić information content (AvgIpc) is 2.49. The van der Waals surface area contributed by atoms with E-state index in [1.807, 2.05) is 31.3 Å². The molecule has 3 rings (SSSR count). The van der Waals surface area contributed by atoms with Crippen molar-refractivity contribution in [3.8, 4) is 5.75 Å². The highest BCUT2D eigenvalue weighted by Crippen LogP contribution is 2.23. The van der Waals surface area contributed by atoms with Crippen LogP contribution >= 0.6 is 11.6 Å². The van der Waals surface area contributed by atoms with Gasteiger partial charge >= 0.3 is 5.63 Å². The van der Waals surface area contributed by atoms with Gasteiger partial charge in [0.1, 0.15) is 11.3 Å². The van der Waals surface area contributed by atoms with Gasteiger partial charge in [0.15, 0.2) is 0 Å². The Morgan fingerprint density at radius 2 is 1.83 bits per heavy atom. The first-order chi connectivity index (χ1) is 11.0. The van der Waals surface area contributed by atoms with Crippen molar-refractivity contribution in [1.29, 1.82) is 0 Å². The zero-order valence-electron chi connectivity index (χ0n) is 12.6. The molecule has 0 saturated carbocycles. The van der Waals surface area contributed by atoms with Crippen LogP contribution in [0.2, 0.25) is 5.02 Å². The number of phenols is 1. The minimum atomic E-state index is -0.427. The molecule has 118 valence electrons. The molecule has 0 aliphatic heterocycles. The van der Waals surface area contributed by atoms with E-state index in [1.165, 1.54) is 12.1 Å². The molecule has 0 bridgehead atoms. The van der Waals surface area contributed by atoms with Crippen molar-refractivity contribution in [2.24, 2.45) is 0 Å². The second-order valence-corrected chi connectivity index (χ2v) is 5.94. The Labute approximate surface area is 138 Å². The van der Waals surface area contributed by atoms with E-state index in [-0.39, 0.29) is 5.75 Å². The SMILES string of the molecule is CN(Cc1ccccc1Cl)Cc1cc(=O)oc2cc(O)ccc12. The lowest BCUT2D eigenvalue weighted by Crippen LogP contribution is -2.18. The van der Waals surface area contributed by atoms with E-state index in [4.69, 9.17) is 16.0 Å². The normalized spacial score (nSPS) is 11.3. The lowest BCUT2D eigenvalue weighted by molar-refractivity contribution is 0.319. The molecule has 2 aromatic carbocycles. The molecule has 0 unspecified atom stereocenters. The average molecular weight is 330 g/mol. The van der Waals surface area contributed by atoms with Crippen molar-refractivity contribution in [3.05, 3.63) is 75.1 Å². The maximum atomic E-state index is 11.7. The van der Waals surface area contributed by atoms with Crippen molar-refractivity contribution >= 4 is 22.6 Å². The van der Waals surface area contributed by atoms with Gasteiger partial charge in [-0.25, -0.2) is 4.79 Å². The fraction of sp³-hybridized carbons (Fsp3) is 0.167. The standard InChI is InChI=1S/C18H16ClNO3/c1-20(10-12-4-2-3-5-16(12)19)11-13-8-18(22)23-17-9-14(21)6-7-15(13)17/h2-9,21H,10-11H2,1H3. The number of hydrogen-bond donors (Lipinski definition) is 1. The van der Waals surface area contributed by atoms with Gasteiger partial charge in [-0.1, -0.05) is 29.8 Å². The predicted molar refractivity (Wildman–Crippen MR) is 90.8 cm³/mol. The number of fused-ring (bicyclic) bond motifs is 1. The van der Waals surface area contributed by atoms with Crippen LogP contribution in [0.15, 0.2) is 57.7 Å². The smallest absolute Gasteiger partial charge is 0.336 e. The molecule has 1 heterocycles. The third-order valence-corrected chi connectivity index (χ3v) is 4.02. The van der Waals surface area contributed by atoms with Crippen molar-refractivity contribution < 1.29 is 9.52 Å². The fourth-order valence-corrected chi connectivity index (χ4v) is 2.81. The van der Waals surface area contributed by atoms with Gasteiger partial charge in [-0.15, -0.1) is 0 Å². The molecular formula is C18H16ClNO3. The molecule has 0 aliphatic rings. The molecule has 3 aromatic rings. The predicted octanol–water partition coefficient (Wildman–Crippen LogP) is 3.78. The van der Waals surface area contributed by atoms with Crippen LogP contribution in [-0.2, 0) is 13.1 Å². The minimum absolute atomic E-state index is 0.0715. The summed E-state index contributed by atoms with van der Waals surface area (Å²) in [6, 6.07) is 14.0. The summed E-state index contributed by atoms with van der Waals surface area (Å²) < 4.78 is 5.15. The van der Waals surface area contributed by atoms with E-state index < -0.39 is 5.63 Å². The third-order valence-electron chi connectivity index (χ3n) is 3.65. The Morgan fingerprint density at radius 1 is 1.09 bits per heavy atom. The van der Waals surface area contributed by atoms with E-state index in [2.05, 4.69) is 4.90 Å². The van der Waals surface area contributed by atoms with Crippen LogP contribution in [-0.4, -0.2) is 17.1 Å². The summed E-state index contributed by atoms with van der Waals surface area (Å²) in [4.78, 5) is 13.8. The van der Waals surface area contributed by atoms with Crippen LogP contribution in [0, 0.1) is 0 Å². The zero-order chi connectivity index (χ0) is 16.4. The quantitative estimate of drug-likeness (QED) is 0.740. The number of hydrogen-bond acceptors (Lipinski definition) is 4. The van der Waals surface area contributed by atoms with Crippen molar-refractivity contribution in [2.45, 2.75) is 13.1 Å². The molecule has 1 N–H and O–H groups in total. The number of nitrogens with zero attached hydrogens (tertiary/aromatic N) is 1. The van der Waals surface area contributed by atoms with Crippen LogP contribution in [0.1, 0.15) is 11.1 Å². The molecule has 0 aliphatic carbocycles. The first-order valence-electron chi connectivity index (χ1n) is 7.20. The van der Waals surface area contributed by atoms with Crippen LogP contribution in [0.25, 0.3) is 11.0 Å². The maximum Gasteiger partial charge on any atom is 0.336 e. The largest absolute Gasteiger partial charge is 0.508 e. The first kappa shape index (κ1) is 15.6. The number of halogens is 1. The summed E-state index contributed by atoms with van der Waals surface area (Å²) in [6.07, 6.45) is 0. The number of benzene rings is 2. The van der Waals surface area contributed by atoms with E-state index >= 15 is 0 Å². The molecule has 5 heteroatoms. The van der Waals surface area contributed by atoms with Crippen molar-refractivity contribution in [2.75, 3.05) is 7.05 Å². The monoisotopic (exact) mass is 329 g/mol. The molecule has 1 aromatic heterocycles. The summed E-state index contributed by atoms with van der Waals surface area (Å²) >= 11 is 6.19. The van der Waals surface area contributed by atoms with Crippen LogP contribution in [0.3, 0.4) is 0 Å². The topological polar surface area (TPSA) is 53.7 Å². The van der Waals surface area contributed by atoms with Gasteiger partial charge in [-0.3, -0.25) is 4.90 Å². The molecule has 0 spiro atoms. The third kappa shape index (κ3) is 3.55. The first-order valence-corrected chi connectivity index (χ1v) is 7.58. The Bertz CT molecular complexity index is 904. The van der Waals surface area contributed by atoms with Gasteiger partial charge in [-0.05, 0) is 36.4 Å². The van der Waals surface area contributed by atoms with Crippen molar-refractivity contribution in [1.82, 2.24) is 4.90 Å². The highest BCUT2D eigenvalue weighted by Gasteiger charge is 2.10. The fourth-order valence-electron chi connectivity index (χ4n) is 2.61. The van der Waals surface area contributed by atoms with E-state index in [0.29, 0.717) is 18.7 Å². The van der Waals surface area contributed by atoms with Crippen LogP contribution < -0.4 is 5.63 Å². The zero-order valence-corrected chi connectivity index (χ0v) is 13.4. The van der Waals surface area contributed by atoms with E-state index in [9.17, 15) is 9.90 Å². The van der Waals surface area contributed by atoms with Crippen LogP contribution in [0.4, 0.5) is 0 Å². The molecule has 0 saturated heterocycles. The molecule has 4 nitrogen and oxygen atoms in total. The van der Waals surface area contributed by atoms with Gasteiger partial charge in [-0.2, -0.15) is 0 Å². The van der Waals surface area contributed by atoms with Gasteiger partial charge in [0.2, 0.25) is 0 Å². The Kier molecular flexibility index (Phi) is 4.37. The Morgan fingerprint density at radius 3 is 2.61 bits per heavy atom. The second-order valence-electron chi connectivity index (χ2n) is 5.53. The summed E-state index contributed by atoms with van der Waals surface area (Å²) in [5.41, 5.74) is 1.84. The highest BCUT2D eigenvalue weighted by atomic mass is 35.5. The highest BCUT2D eigenvalue weighted by molar-refractivity contribution is 6.31. The molecule has 0 amide bonds. The molecule has 0 atom stereocenters. The summed E-state index contributed by atoms with van der Waals surface area (Å²) in [5, 5.41) is 11.1. The Balaban J connectivity index is 1.89. The molecule has 23 heavy (non-hydrogen) atoms. The minimum Gasteiger partial charge on any atom is -0.508 e. The molecule has 0 fully saturated rings. The summed E-state index contributed by atoms with van der Waals surface area (Å²) in [6.45, 7) is 1.23. The number of rotatable bonds is 4. The lowest BCUT2D eigenvalue weighted by atomic mass is 10.1. The van der Waals surface area contributed by atoms with E-state index in [1.54, 1.807) is 12.1 Å². The van der Waals surface area contributed by atoms with Gasteiger partial charge in [0.05, 0.1) is 0 Å². The second kappa shape index (κ2) is 6.44. The van der Waals surface area contributed by atoms with Gasteiger partial charge in [0.25, 0.3) is 0 Å². The number of aromatic hydroxyl groups is 1. The maximum absolute atomic E-state index is 11.7. The van der Waals surface area contributed by atoms with E-state index in [0.717, 1.165) is 21.5 Å².